The molecule has 0 radical (unpaired) electrons. The van der Waals surface area contributed by atoms with E-state index in [0.29, 0.717) is 140 Å². The average Bonchev–Trinajstić information content (AvgIpc) is 1.56. The standard InChI is InChI=1S/C102H140IN17O26/c103-77-31-26-69(27-32-77)13-11-22-86(122)105-40-9-7-19-81(99(136)137)111-98(135)80(33-35-88(124)109-64-70-23-29-73(30-24-70)85(121)63-76(62-71-25-28-72-14-1-2-15-74(72)61-71)97(134)108-41-10-8-20-82(100(138)139)112-102(142)113-83(101(140)141)34-38-92(128)129)110-89(125)39-53-143-55-57-145-59-60-146-58-56-144-54-45-107-87(123)36-37-91(127)119-65-75-16-3-4-17-78(75)96-95(79-18-5-6-21-84(79)119)114-115-120(96)46-12-42-106-90(126)66-118-51-49-116(67-93(130)131)47-43-104-44-48-117(50-52-118)68-94(132)133/h1-6,14-18,21,25-28,31-32,61,70,73,76,80-83,104H,7-13,19-20,22-24,29-30,33-60,62-68H2,(H,105,122)(H,106,126)(H,107,123)(H,108,134)(H,109,124)(H,110,125)(H,111,135)(H,128,129)(H,130,131)(H,132,133)(H,136,137)(H,138,139)(H,140,141)(H2,112,113,142). The fourth-order valence-electron chi connectivity index (χ4n) is 17.5. The maximum Gasteiger partial charge on any atom is 0.326 e. The van der Waals surface area contributed by atoms with E-state index in [1.807, 2.05) is 130 Å². The Morgan fingerprint density at radius 2 is 0.979 bits per heavy atom. The van der Waals surface area contributed by atoms with Crippen molar-refractivity contribution in [3.63, 3.8) is 0 Å². The van der Waals surface area contributed by atoms with E-state index in [0.717, 1.165) is 48.7 Å². The lowest BCUT2D eigenvalue weighted by Crippen LogP contribution is -2.52. The second kappa shape index (κ2) is 64.4. The quantitative estimate of drug-likeness (QED) is 0.0176. The molecule has 0 spiro atoms. The van der Waals surface area contributed by atoms with Crippen LogP contribution in [0.1, 0.15) is 152 Å². The zero-order valence-corrected chi connectivity index (χ0v) is 84.7. The molecule has 2 aliphatic heterocycles. The van der Waals surface area contributed by atoms with E-state index < -0.39 is 102 Å². The average molecular weight is 2150 g/mol. The molecular weight excluding hydrogens is 2010 g/mol. The number of carbonyl (C=O) groups excluding carboxylic acids is 10. The number of fused-ring (bicyclic) bond motifs is 6. The number of aryl methyl sites for hydroxylation is 2. The normalized spacial score (nSPS) is 15.7. The Morgan fingerprint density at radius 1 is 0.438 bits per heavy atom. The summed E-state index contributed by atoms with van der Waals surface area (Å²) in [6, 6.07) is 29.8. The van der Waals surface area contributed by atoms with Gasteiger partial charge in [-0.1, -0.05) is 102 Å². The number of hydrogen-bond donors (Lipinski definition) is 16. The van der Waals surface area contributed by atoms with Gasteiger partial charge in [0.25, 0.3) is 0 Å². The van der Waals surface area contributed by atoms with E-state index >= 15 is 0 Å². The number of ketones is 1. The first-order valence-corrected chi connectivity index (χ1v) is 51.2. The van der Waals surface area contributed by atoms with Gasteiger partial charge in [0.05, 0.1) is 90.4 Å². The monoisotopic (exact) mass is 2150 g/mol. The molecule has 3 heterocycles. The predicted molar refractivity (Wildman–Crippen MR) is 544 cm³/mol. The number of aromatic nitrogens is 3. The second-order valence-electron chi connectivity index (χ2n) is 36.6. The first-order valence-electron chi connectivity index (χ1n) is 50.1. The number of carboxylic acid groups (broad SMARTS) is 6. The van der Waals surface area contributed by atoms with Crippen LogP contribution in [0.4, 0.5) is 10.5 Å². The maximum atomic E-state index is 14.3. The van der Waals surface area contributed by atoms with Gasteiger partial charge in [-0.3, -0.25) is 72.2 Å². The van der Waals surface area contributed by atoms with Gasteiger partial charge >= 0.3 is 41.8 Å². The summed E-state index contributed by atoms with van der Waals surface area (Å²) in [4.78, 5) is 213. The van der Waals surface area contributed by atoms with E-state index in [-0.39, 0.29) is 223 Å². The van der Waals surface area contributed by atoms with Gasteiger partial charge in [-0.25, -0.2) is 23.9 Å². The highest BCUT2D eigenvalue weighted by Crippen LogP contribution is 2.42. The number of benzene rings is 5. The predicted octanol–water partition coefficient (Wildman–Crippen LogP) is 5.00. The SMILES string of the molecule is O=C(O)CCC(NC(=O)NC(CCCCNC(=O)C(CC(=O)C1CCC(CNC(=O)CCC(NC(=O)CCOCCOCCOCCOCCNC(=O)CCC(=O)N2Cc3ccccc3-c3c(nnn3CCCNC(=O)CN3CCN(CC(=O)O)CCNCCN(CC(=O)O)CC3)-c3ccccc32)C(=O)NC(CCCCNC(=O)CCCc2ccc(I)cc2)C(=O)O)CC1)Cc1ccc2ccccc2c1)C(=O)O)C(=O)O. The number of aliphatic carboxylic acids is 6. The van der Waals surface area contributed by atoms with Crippen molar-refractivity contribution < 1.29 is 126 Å². The molecule has 5 aromatic carbocycles. The Morgan fingerprint density at radius 3 is 1.62 bits per heavy atom. The van der Waals surface area contributed by atoms with Crippen LogP contribution >= 0.6 is 22.6 Å². The topological polar surface area (TPSA) is 595 Å². The molecule has 10 amide bonds. The Balaban J connectivity index is 0.663. The summed E-state index contributed by atoms with van der Waals surface area (Å²) in [5.74, 6) is -12.0. The Hall–Kier alpha value is -12.6. The smallest absolute Gasteiger partial charge is 0.326 e. The number of rotatable bonds is 64. The highest BCUT2D eigenvalue weighted by molar-refractivity contribution is 14.1. The van der Waals surface area contributed by atoms with Crippen LogP contribution in [0.15, 0.2) is 115 Å². The second-order valence-corrected chi connectivity index (χ2v) is 37.8. The van der Waals surface area contributed by atoms with Crippen LogP contribution in [0, 0.1) is 21.3 Å². The van der Waals surface area contributed by atoms with Gasteiger partial charge in [-0.2, -0.15) is 0 Å². The number of nitrogens with one attached hydrogen (secondary N) is 10. The molecule has 5 unspecified atom stereocenters. The minimum absolute atomic E-state index is 0.00159. The molecule has 1 saturated heterocycles. The van der Waals surface area contributed by atoms with Gasteiger partial charge in [-0.15, -0.1) is 5.10 Å². The third-order valence-electron chi connectivity index (χ3n) is 25.5. The molecule has 5 atom stereocenters. The van der Waals surface area contributed by atoms with Crippen LogP contribution in [-0.2, 0) is 117 Å². The van der Waals surface area contributed by atoms with Crippen LogP contribution in [0.2, 0.25) is 0 Å². The fourth-order valence-corrected chi connectivity index (χ4v) is 17.8. The van der Waals surface area contributed by atoms with Gasteiger partial charge < -0.3 is 108 Å². The molecule has 146 heavy (non-hydrogen) atoms. The number of nitrogens with zero attached hydrogens (tertiary/aromatic N) is 7. The van der Waals surface area contributed by atoms with Gasteiger partial charge in [0, 0.05) is 163 Å². The number of carboxylic acids is 6. The van der Waals surface area contributed by atoms with E-state index in [1.54, 1.807) is 9.58 Å². The summed E-state index contributed by atoms with van der Waals surface area (Å²) in [6.45, 7) is 6.16. The molecule has 43 nitrogen and oxygen atoms in total. The van der Waals surface area contributed by atoms with E-state index in [2.05, 4.69) is 86.1 Å². The van der Waals surface area contributed by atoms with Crippen molar-refractivity contribution in [1.82, 2.24) is 82.9 Å². The zero-order valence-electron chi connectivity index (χ0n) is 82.5. The summed E-state index contributed by atoms with van der Waals surface area (Å²) in [5, 5.41) is 96.0. The lowest BCUT2D eigenvalue weighted by molar-refractivity contribution is -0.143. The maximum absolute atomic E-state index is 14.3. The highest BCUT2D eigenvalue weighted by Gasteiger charge is 2.35. The van der Waals surface area contributed by atoms with Crippen molar-refractivity contribution >= 4 is 134 Å². The van der Waals surface area contributed by atoms with Crippen LogP contribution in [-0.4, -0.2) is 337 Å². The third-order valence-corrected chi connectivity index (χ3v) is 26.2. The Bertz CT molecular complexity index is 5250. The van der Waals surface area contributed by atoms with E-state index in [9.17, 15) is 102 Å². The van der Waals surface area contributed by atoms with Gasteiger partial charge in [0.15, 0.2) is 0 Å². The van der Waals surface area contributed by atoms with Gasteiger partial charge in [0.2, 0.25) is 47.3 Å². The lowest BCUT2D eigenvalue weighted by atomic mass is 9.77. The van der Waals surface area contributed by atoms with Crippen LogP contribution in [0.25, 0.3) is 33.3 Å². The van der Waals surface area contributed by atoms with Crippen molar-refractivity contribution in [3.05, 3.63) is 136 Å². The largest absolute Gasteiger partial charge is 0.481 e. The third kappa shape index (κ3) is 43.2. The summed E-state index contributed by atoms with van der Waals surface area (Å²) in [5.41, 5.74) is 6.13. The van der Waals surface area contributed by atoms with Crippen LogP contribution < -0.4 is 58.1 Å². The van der Waals surface area contributed by atoms with Gasteiger partial charge in [-0.05, 0) is 177 Å². The molecule has 796 valence electrons. The zero-order chi connectivity index (χ0) is 105. The number of ether oxygens (including phenoxy) is 4. The van der Waals surface area contributed by atoms with Crippen LogP contribution in [0.3, 0.4) is 0 Å². The van der Waals surface area contributed by atoms with Crippen molar-refractivity contribution in [3.8, 4) is 22.5 Å². The number of urea groups is 1. The number of halogens is 1. The number of carbonyl (C=O) groups is 16. The molecule has 1 saturated carbocycles. The summed E-state index contributed by atoms with van der Waals surface area (Å²) in [6.07, 6.45) is 3.74. The minimum Gasteiger partial charge on any atom is -0.481 e. The summed E-state index contributed by atoms with van der Waals surface area (Å²) >= 11 is 2.23. The molecule has 3 aliphatic rings. The fraction of sp³-hybridized carbons (Fsp3) is 0.549. The highest BCUT2D eigenvalue weighted by atomic mass is 127. The number of Topliss-reactive ketones (excluding diaryl/α,β-unsaturated/α-hetero) is 1. The van der Waals surface area contributed by atoms with Gasteiger partial charge in [0.1, 0.15) is 35.6 Å². The molecule has 44 heteroatoms. The molecule has 6 aromatic rings. The van der Waals surface area contributed by atoms with Crippen LogP contribution in [0.5, 0.6) is 0 Å². The molecular formula is C102H140IN17O26. The van der Waals surface area contributed by atoms with E-state index in [4.69, 9.17) is 24.1 Å². The number of anilines is 1. The Kier molecular flexibility index (Phi) is 51.6. The van der Waals surface area contributed by atoms with Crippen molar-refractivity contribution in [2.24, 2.45) is 17.8 Å². The van der Waals surface area contributed by atoms with E-state index in [1.165, 1.54) is 0 Å². The Labute approximate surface area is 861 Å². The summed E-state index contributed by atoms with van der Waals surface area (Å²) in [7, 11) is 0. The molecule has 1 aromatic heterocycles. The molecule has 0 bridgehead atoms. The molecule has 2 fully saturated rings. The molecule has 1 aliphatic carbocycles. The van der Waals surface area contributed by atoms with Crippen molar-refractivity contribution in [2.75, 3.05) is 162 Å². The van der Waals surface area contributed by atoms with Crippen molar-refractivity contribution in [2.45, 2.75) is 185 Å². The number of para-hydroxylation sites is 1. The first kappa shape index (κ1) is 117. The molecule has 16 N–H and O–H groups in total. The molecule has 9 rings (SSSR count). The lowest BCUT2D eigenvalue weighted by Gasteiger charge is -2.30. The minimum atomic E-state index is -1.58. The number of amides is 10. The first-order chi connectivity index (χ1) is 70.4. The van der Waals surface area contributed by atoms with Crippen molar-refractivity contribution in [1.29, 1.82) is 0 Å². The number of unbranched alkanes of at least 4 members (excludes halogenated alkanes) is 2. The summed E-state index contributed by atoms with van der Waals surface area (Å²) < 4.78 is 25.5. The number of hydrogen-bond acceptors (Lipinski definition) is 26.